The van der Waals surface area contributed by atoms with Crippen LogP contribution in [-0.2, 0) is 51.4 Å². The van der Waals surface area contributed by atoms with E-state index in [1.807, 2.05) is 36.7 Å². The fourth-order valence-corrected chi connectivity index (χ4v) is 16.3. The molecule has 27 heteroatoms. The number of likely N-dealkylation sites (N-methyl/N-ethyl adjacent to an activating group) is 4. The van der Waals surface area contributed by atoms with Gasteiger partial charge in [0.05, 0.1) is 28.5 Å². The molecule has 16 rings (SSSR count). The summed E-state index contributed by atoms with van der Waals surface area (Å²) in [6.45, 7) is 33.8. The Morgan fingerprint density at radius 3 is 0.992 bits per heavy atom. The highest BCUT2D eigenvalue weighted by Gasteiger charge is 2.26. The molecule has 8 N–H and O–H groups in total. The summed E-state index contributed by atoms with van der Waals surface area (Å²) in [7, 11) is 8.56. The number of hydrogen-bond donors (Lipinski definition) is 4. The van der Waals surface area contributed by atoms with Crippen LogP contribution in [0.2, 0.25) is 0 Å². The molecular formula is C98H161N27. The number of nitrogens with two attached hydrogens (primary N) is 4. The molecule has 0 unspecified atom stereocenters. The molecule has 688 valence electrons. The van der Waals surface area contributed by atoms with Gasteiger partial charge in [-0.3, -0.25) is 9.97 Å². The van der Waals surface area contributed by atoms with E-state index in [9.17, 15) is 0 Å². The van der Waals surface area contributed by atoms with Crippen LogP contribution in [0, 0.1) is 0 Å². The van der Waals surface area contributed by atoms with Crippen LogP contribution in [0.1, 0.15) is 288 Å². The van der Waals surface area contributed by atoms with Crippen LogP contribution in [-0.4, -0.2) is 227 Å². The molecule has 0 atom stereocenters. The minimum atomic E-state index is 0. The number of pyridine rings is 2. The maximum absolute atomic E-state index is 5.99. The van der Waals surface area contributed by atoms with Crippen molar-refractivity contribution in [3.8, 4) is 45.7 Å². The molecule has 0 radical (unpaired) electrons. The first kappa shape index (κ1) is 101. The number of aromatic nitrogens is 15. The Kier molecular flexibility index (Phi) is 45.6. The smallest absolute Gasteiger partial charge is 0.222 e. The van der Waals surface area contributed by atoms with Crippen molar-refractivity contribution in [2.24, 2.45) is 0 Å². The molecule has 8 aliphatic rings. The van der Waals surface area contributed by atoms with Gasteiger partial charge in [-0.05, 0) is 160 Å². The van der Waals surface area contributed by atoms with Crippen LogP contribution in [0.25, 0.3) is 45.7 Å². The monoisotopic (exact) mass is 1720 g/mol. The lowest BCUT2D eigenvalue weighted by Crippen LogP contribution is -2.44. The predicted molar refractivity (Wildman–Crippen MR) is 522 cm³/mol. The van der Waals surface area contributed by atoms with Gasteiger partial charge in [-0.15, -0.1) is 5.10 Å². The van der Waals surface area contributed by atoms with Crippen molar-refractivity contribution in [3.63, 3.8) is 0 Å². The van der Waals surface area contributed by atoms with Gasteiger partial charge in [0.25, 0.3) is 0 Å². The molecule has 4 saturated heterocycles. The van der Waals surface area contributed by atoms with Crippen LogP contribution in [0.4, 0.5) is 47.1 Å². The Bertz CT molecular complexity index is 3790. The van der Waals surface area contributed by atoms with Crippen LogP contribution < -0.4 is 42.5 Å². The molecule has 0 bridgehead atoms. The summed E-state index contributed by atoms with van der Waals surface area (Å²) in [4.78, 5) is 77.0. The van der Waals surface area contributed by atoms with E-state index in [0.717, 1.165) is 232 Å². The standard InChI is InChI=1S/2C18H24N6.C17H23N7.C16H22N8.4C7H16.CH4/c1-23-6-8-24(9-7-23)17-11-16(21-18(19)22-17)14-10-13-4-2-3-5-15(13)20-12-14;1-23-8-10-24(11-9-23)17-12-16(21-18(19)22-17)15-7-6-13-4-2-3-5-14(13)20-15;1-23-6-8-24(9-7-23)15-10-14(21-17(18)22-15)16-19-11-12-4-2-3-5-13(12)20-16;1-23-6-8-24(9-7-23)14-10-13(19-16(17)20-14)15-18-11-4-2-3-5-12(11)21-22-15;4*1-3-5-7-6-4-2;/h10-12H,2-9H2,1H3,(H2,19,21,22);6-7,12H,2-5,8-11H2,1H3,(H2,19,21,22);10-11H,2-9H2,1H3,(H2,18,21,22);10H,2-9H2,1H3,(H2,17,19,20);4*3-7H2,1-2H3;1H4. The van der Waals surface area contributed by atoms with Gasteiger partial charge >= 0.3 is 0 Å². The zero-order valence-electron chi connectivity index (χ0n) is 78.6. The summed E-state index contributed by atoms with van der Waals surface area (Å²) >= 11 is 0. The maximum Gasteiger partial charge on any atom is 0.222 e. The number of nitrogens with zero attached hydrogens (tertiary/aromatic N) is 23. The molecule has 8 aromatic rings. The van der Waals surface area contributed by atoms with Crippen molar-refractivity contribution in [1.29, 1.82) is 0 Å². The lowest BCUT2D eigenvalue weighted by Gasteiger charge is -2.33. The summed E-state index contributed by atoms with van der Waals surface area (Å²) < 4.78 is 0. The van der Waals surface area contributed by atoms with Gasteiger partial charge in [0.1, 0.15) is 34.7 Å². The minimum Gasteiger partial charge on any atom is -0.368 e. The minimum absolute atomic E-state index is 0. The first-order valence-electron chi connectivity index (χ1n) is 48.3. The zero-order chi connectivity index (χ0) is 88.2. The quantitative estimate of drug-likeness (QED) is 0.0408. The number of rotatable bonds is 24. The number of piperazine rings is 4. The molecule has 4 fully saturated rings. The van der Waals surface area contributed by atoms with Gasteiger partial charge < -0.3 is 62.1 Å². The van der Waals surface area contributed by atoms with Gasteiger partial charge in [-0.1, -0.05) is 197 Å². The first-order valence-corrected chi connectivity index (χ1v) is 48.3. The second-order valence-corrected chi connectivity index (χ2v) is 34.9. The first-order chi connectivity index (χ1) is 60.4. The summed E-state index contributed by atoms with van der Waals surface area (Å²) in [6, 6.07) is 14.5. The second-order valence-electron chi connectivity index (χ2n) is 34.9. The molecule has 0 spiro atoms. The second kappa shape index (κ2) is 56.2. The van der Waals surface area contributed by atoms with Crippen molar-refractivity contribution < 1.29 is 0 Å². The molecule has 0 saturated carbocycles. The molecule has 0 aromatic carbocycles. The number of fused-ring (bicyclic) bond motifs is 4. The molecule has 12 heterocycles. The van der Waals surface area contributed by atoms with Crippen molar-refractivity contribution >= 4 is 47.1 Å². The van der Waals surface area contributed by atoms with Gasteiger partial charge in [0.15, 0.2) is 5.82 Å². The van der Waals surface area contributed by atoms with E-state index in [2.05, 4.69) is 206 Å². The summed E-state index contributed by atoms with van der Waals surface area (Å²) in [5.74, 6) is 5.91. The van der Waals surface area contributed by atoms with Crippen molar-refractivity contribution in [1.82, 2.24) is 94.6 Å². The Morgan fingerprint density at radius 1 is 0.256 bits per heavy atom. The average molecular weight is 1720 g/mol. The van der Waals surface area contributed by atoms with Crippen molar-refractivity contribution in [2.75, 3.05) is 175 Å². The van der Waals surface area contributed by atoms with E-state index in [1.54, 1.807) is 0 Å². The average Bonchev–Trinajstić information content (AvgIpc) is 0.816. The van der Waals surface area contributed by atoms with Crippen molar-refractivity contribution in [2.45, 2.75) is 294 Å². The molecule has 4 aliphatic heterocycles. The van der Waals surface area contributed by atoms with Crippen LogP contribution in [0.3, 0.4) is 0 Å². The van der Waals surface area contributed by atoms with E-state index < -0.39 is 0 Å². The van der Waals surface area contributed by atoms with E-state index in [0.29, 0.717) is 34.9 Å². The molecule has 125 heavy (non-hydrogen) atoms. The highest BCUT2D eigenvalue weighted by molar-refractivity contribution is 5.66. The van der Waals surface area contributed by atoms with Gasteiger partial charge in [0, 0.05) is 164 Å². The highest BCUT2D eigenvalue weighted by Crippen LogP contribution is 2.32. The highest BCUT2D eigenvalue weighted by atomic mass is 15.3. The maximum atomic E-state index is 5.99. The van der Waals surface area contributed by atoms with Crippen molar-refractivity contribution in [3.05, 3.63) is 100 Å². The fraction of sp³-hybridized carbons (Fsp3) is 0.663. The summed E-state index contributed by atoms with van der Waals surface area (Å²) in [6.07, 6.45) is 50.1. The van der Waals surface area contributed by atoms with Crippen LogP contribution >= 0.6 is 0 Å². The third kappa shape index (κ3) is 34.2. The lowest BCUT2D eigenvalue weighted by molar-refractivity contribution is 0.312. The molecule has 27 nitrogen and oxygen atoms in total. The van der Waals surface area contributed by atoms with Gasteiger partial charge in [-0.2, -0.15) is 25.0 Å². The molecule has 4 aliphatic carbocycles. The van der Waals surface area contributed by atoms with E-state index in [1.165, 1.54) is 195 Å². The normalized spacial score (nSPS) is 16.3. The number of unbranched alkanes of at least 4 members (excludes halogenated alkanes) is 16. The lowest BCUT2D eigenvalue weighted by atomic mass is 9.94. The van der Waals surface area contributed by atoms with Crippen LogP contribution in [0.5, 0.6) is 0 Å². The molecule has 0 amide bonds. The Hall–Kier alpha value is -9.05. The van der Waals surface area contributed by atoms with E-state index in [-0.39, 0.29) is 19.3 Å². The zero-order valence-corrected chi connectivity index (χ0v) is 78.6. The Labute approximate surface area is 752 Å². The Balaban J connectivity index is 0.000000187. The summed E-state index contributed by atoms with van der Waals surface area (Å²) in [5.41, 5.74) is 38.6. The van der Waals surface area contributed by atoms with Gasteiger partial charge in [0.2, 0.25) is 29.6 Å². The third-order valence-corrected chi connectivity index (χ3v) is 24.4. The third-order valence-electron chi connectivity index (χ3n) is 24.4. The van der Waals surface area contributed by atoms with E-state index in [4.69, 9.17) is 32.9 Å². The number of aryl methyl sites for hydroxylation is 8. The largest absolute Gasteiger partial charge is 0.368 e. The predicted octanol–water partition coefficient (Wildman–Crippen LogP) is 17.7. The number of anilines is 8. The van der Waals surface area contributed by atoms with Gasteiger partial charge in [-0.25, -0.2) is 34.9 Å². The molecule has 8 aromatic heterocycles. The Morgan fingerprint density at radius 2 is 0.576 bits per heavy atom. The topological polar surface area (TPSA) is 323 Å². The van der Waals surface area contributed by atoms with Crippen LogP contribution in [0.15, 0.2) is 54.9 Å². The fourth-order valence-electron chi connectivity index (χ4n) is 16.3. The SMILES string of the molecule is C.CCCCCCC.CCCCCCC.CCCCCCC.CCCCCCC.CN1CCN(c2cc(-c3ccc4c(n3)CCCC4)nc(N)n2)CC1.CN1CCN(c2cc(-c3cnc4c(c3)CCCC4)nc(N)n2)CC1.CN1CCN(c2cc(-c3ncc4c(n3)CCCC4)nc(N)n2)CC1.CN1CCN(c2cc(-c3nnc4c(n3)CCCC4)nc(N)n2)CC1. The number of hydrogen-bond acceptors (Lipinski definition) is 27. The summed E-state index contributed by atoms with van der Waals surface area (Å²) in [5, 5.41) is 8.61. The number of nitrogen functional groups attached to an aromatic ring is 4. The molecular weight excluding hydrogens is 1560 g/mol. The van der Waals surface area contributed by atoms with E-state index >= 15 is 0 Å².